The van der Waals surface area contributed by atoms with Crippen molar-refractivity contribution in [3.05, 3.63) is 96.1 Å². The summed E-state index contributed by atoms with van der Waals surface area (Å²) in [4.78, 5) is 12.1. The van der Waals surface area contributed by atoms with Gasteiger partial charge in [-0.1, -0.05) is 66.7 Å². The third-order valence-electron chi connectivity index (χ3n) is 4.14. The standard InChI is InChI=1S/C23H24N2O2.ClH/c26-23(25-21-12-5-2-6-13-21)18-27-22-14-8-7-11-20(22)17-24-16-15-19-9-3-1-4-10-19;/h1-14,24H,15-18H2,(H,25,26);1H. The van der Waals surface area contributed by atoms with Gasteiger partial charge in [0.05, 0.1) is 0 Å². The summed E-state index contributed by atoms with van der Waals surface area (Å²) in [6, 6.07) is 27.6. The average molecular weight is 397 g/mol. The molecular weight excluding hydrogens is 372 g/mol. The van der Waals surface area contributed by atoms with Gasteiger partial charge in [-0.3, -0.25) is 4.79 Å². The van der Waals surface area contributed by atoms with Crippen LogP contribution in [0, 0.1) is 0 Å². The van der Waals surface area contributed by atoms with Gasteiger partial charge in [-0.15, -0.1) is 12.4 Å². The number of halogens is 1. The van der Waals surface area contributed by atoms with Crippen molar-refractivity contribution in [3.63, 3.8) is 0 Å². The van der Waals surface area contributed by atoms with Gasteiger partial charge in [0.25, 0.3) is 5.91 Å². The Balaban J connectivity index is 0.00000280. The molecule has 0 heterocycles. The van der Waals surface area contributed by atoms with E-state index in [-0.39, 0.29) is 24.9 Å². The molecule has 28 heavy (non-hydrogen) atoms. The zero-order valence-corrected chi connectivity index (χ0v) is 16.5. The number of amides is 1. The van der Waals surface area contributed by atoms with Crippen molar-refractivity contribution in [1.82, 2.24) is 5.32 Å². The average Bonchev–Trinajstić information content (AvgIpc) is 2.72. The summed E-state index contributed by atoms with van der Waals surface area (Å²) >= 11 is 0. The van der Waals surface area contributed by atoms with Gasteiger partial charge in [-0.05, 0) is 36.7 Å². The summed E-state index contributed by atoms with van der Waals surface area (Å²) < 4.78 is 5.73. The lowest BCUT2D eigenvalue weighted by Crippen LogP contribution is -2.21. The fraction of sp³-hybridized carbons (Fsp3) is 0.174. The summed E-state index contributed by atoms with van der Waals surface area (Å²) in [6.45, 7) is 1.56. The summed E-state index contributed by atoms with van der Waals surface area (Å²) in [5.41, 5.74) is 3.12. The number of anilines is 1. The molecule has 5 heteroatoms. The minimum absolute atomic E-state index is 0. The van der Waals surface area contributed by atoms with Gasteiger partial charge < -0.3 is 15.4 Å². The molecule has 0 radical (unpaired) electrons. The first-order valence-electron chi connectivity index (χ1n) is 9.11. The van der Waals surface area contributed by atoms with Gasteiger partial charge in [0, 0.05) is 17.8 Å². The smallest absolute Gasteiger partial charge is 0.262 e. The topological polar surface area (TPSA) is 50.4 Å². The van der Waals surface area contributed by atoms with Gasteiger partial charge in [0.2, 0.25) is 0 Å². The van der Waals surface area contributed by atoms with Gasteiger partial charge >= 0.3 is 0 Å². The highest BCUT2D eigenvalue weighted by Gasteiger charge is 2.07. The van der Waals surface area contributed by atoms with E-state index in [9.17, 15) is 4.79 Å². The van der Waals surface area contributed by atoms with Gasteiger partial charge in [0.15, 0.2) is 6.61 Å². The molecule has 3 rings (SSSR count). The third-order valence-corrected chi connectivity index (χ3v) is 4.14. The molecule has 0 fully saturated rings. The van der Waals surface area contributed by atoms with Gasteiger partial charge in [-0.2, -0.15) is 0 Å². The van der Waals surface area contributed by atoms with Crippen molar-refractivity contribution in [2.24, 2.45) is 0 Å². The van der Waals surface area contributed by atoms with Crippen LogP contribution in [0.4, 0.5) is 5.69 Å². The lowest BCUT2D eigenvalue weighted by atomic mass is 10.1. The first-order valence-corrected chi connectivity index (χ1v) is 9.11. The van der Waals surface area contributed by atoms with Crippen molar-refractivity contribution in [3.8, 4) is 5.75 Å². The molecule has 4 nitrogen and oxygen atoms in total. The number of ether oxygens (including phenoxy) is 1. The number of carbonyl (C=O) groups is 1. The summed E-state index contributed by atoms with van der Waals surface area (Å²) in [5.74, 6) is 0.556. The first kappa shape index (κ1) is 21.5. The molecule has 0 aromatic heterocycles. The molecule has 3 aromatic rings. The van der Waals surface area contributed by atoms with Crippen LogP contribution in [-0.4, -0.2) is 19.1 Å². The molecule has 146 valence electrons. The highest BCUT2D eigenvalue weighted by atomic mass is 35.5. The van der Waals surface area contributed by atoms with E-state index in [0.717, 1.165) is 30.0 Å². The van der Waals surface area contributed by atoms with Crippen LogP contribution in [0.1, 0.15) is 11.1 Å². The SMILES string of the molecule is Cl.O=C(COc1ccccc1CNCCc1ccccc1)Nc1ccccc1. The number of hydrogen-bond donors (Lipinski definition) is 2. The number of nitrogens with one attached hydrogen (secondary N) is 2. The summed E-state index contributed by atoms with van der Waals surface area (Å²) in [5, 5.41) is 6.26. The van der Waals surface area contributed by atoms with Crippen LogP contribution in [0.15, 0.2) is 84.9 Å². The predicted molar refractivity (Wildman–Crippen MR) is 116 cm³/mol. The number of benzene rings is 3. The molecule has 2 N–H and O–H groups in total. The van der Waals surface area contributed by atoms with Gasteiger partial charge in [0.1, 0.15) is 5.75 Å². The van der Waals surface area contributed by atoms with E-state index in [1.54, 1.807) is 0 Å². The molecule has 0 saturated heterocycles. The van der Waals surface area contributed by atoms with E-state index in [1.165, 1.54) is 5.56 Å². The lowest BCUT2D eigenvalue weighted by molar-refractivity contribution is -0.118. The number of carbonyl (C=O) groups excluding carboxylic acids is 1. The second kappa shape index (κ2) is 11.8. The van der Waals surface area contributed by atoms with E-state index < -0.39 is 0 Å². The fourth-order valence-electron chi connectivity index (χ4n) is 2.75. The zero-order chi connectivity index (χ0) is 18.7. The predicted octanol–water partition coefficient (Wildman–Crippen LogP) is 4.46. The largest absolute Gasteiger partial charge is 0.483 e. The summed E-state index contributed by atoms with van der Waals surface area (Å²) in [6.07, 6.45) is 0.976. The van der Waals surface area contributed by atoms with Crippen LogP contribution >= 0.6 is 12.4 Å². The molecular formula is C23H25ClN2O2. The van der Waals surface area contributed by atoms with Crippen LogP contribution in [0.5, 0.6) is 5.75 Å². The van der Waals surface area contributed by atoms with Crippen LogP contribution in [0.3, 0.4) is 0 Å². The van der Waals surface area contributed by atoms with E-state index in [4.69, 9.17) is 4.74 Å². The van der Waals surface area contributed by atoms with Crippen molar-refractivity contribution >= 4 is 24.0 Å². The van der Waals surface area contributed by atoms with Crippen molar-refractivity contribution in [2.75, 3.05) is 18.5 Å². The number of hydrogen-bond acceptors (Lipinski definition) is 3. The Kier molecular flexibility index (Phi) is 9.05. The quantitative estimate of drug-likeness (QED) is 0.525. The number of rotatable bonds is 9. The van der Waals surface area contributed by atoms with Crippen molar-refractivity contribution in [1.29, 1.82) is 0 Å². The highest BCUT2D eigenvalue weighted by Crippen LogP contribution is 2.18. The Bertz CT molecular complexity index is 841. The molecule has 0 aliphatic heterocycles. The Hall–Kier alpha value is -2.82. The third kappa shape index (κ3) is 7.06. The zero-order valence-electron chi connectivity index (χ0n) is 15.6. The fourth-order valence-corrected chi connectivity index (χ4v) is 2.75. The maximum absolute atomic E-state index is 12.1. The lowest BCUT2D eigenvalue weighted by Gasteiger charge is -2.12. The first-order chi connectivity index (χ1) is 13.3. The van der Waals surface area contributed by atoms with Crippen LogP contribution in [0.2, 0.25) is 0 Å². The molecule has 0 spiro atoms. The minimum atomic E-state index is -0.173. The second-order valence-electron chi connectivity index (χ2n) is 6.22. The Morgan fingerprint density at radius 2 is 1.46 bits per heavy atom. The molecule has 0 unspecified atom stereocenters. The normalized spacial score (nSPS) is 10.0. The highest BCUT2D eigenvalue weighted by molar-refractivity contribution is 5.91. The Morgan fingerprint density at radius 1 is 0.821 bits per heavy atom. The summed E-state index contributed by atoms with van der Waals surface area (Å²) in [7, 11) is 0. The molecule has 0 aliphatic carbocycles. The molecule has 0 bridgehead atoms. The molecule has 0 aliphatic rings. The maximum Gasteiger partial charge on any atom is 0.262 e. The monoisotopic (exact) mass is 396 g/mol. The number of para-hydroxylation sites is 2. The van der Waals surface area contributed by atoms with E-state index in [2.05, 4.69) is 34.9 Å². The molecule has 1 amide bonds. The van der Waals surface area contributed by atoms with E-state index in [0.29, 0.717) is 6.54 Å². The molecule has 0 atom stereocenters. The van der Waals surface area contributed by atoms with E-state index in [1.807, 2.05) is 60.7 Å². The molecule has 3 aromatic carbocycles. The van der Waals surface area contributed by atoms with Crippen LogP contribution < -0.4 is 15.4 Å². The Morgan fingerprint density at radius 3 is 2.21 bits per heavy atom. The van der Waals surface area contributed by atoms with E-state index >= 15 is 0 Å². The maximum atomic E-state index is 12.1. The molecule has 0 saturated carbocycles. The second-order valence-corrected chi connectivity index (χ2v) is 6.22. The van der Waals surface area contributed by atoms with Gasteiger partial charge in [-0.25, -0.2) is 0 Å². The minimum Gasteiger partial charge on any atom is -0.483 e. The van der Waals surface area contributed by atoms with Crippen molar-refractivity contribution < 1.29 is 9.53 Å². The Labute approximate surface area is 172 Å². The van der Waals surface area contributed by atoms with Crippen LogP contribution in [-0.2, 0) is 17.8 Å². The van der Waals surface area contributed by atoms with Crippen LogP contribution in [0.25, 0.3) is 0 Å². The van der Waals surface area contributed by atoms with Crippen molar-refractivity contribution in [2.45, 2.75) is 13.0 Å².